The van der Waals surface area contributed by atoms with Crippen LogP contribution in [0, 0.1) is 19.7 Å². The van der Waals surface area contributed by atoms with Crippen molar-refractivity contribution >= 4 is 5.95 Å². The molecule has 6 heteroatoms. The van der Waals surface area contributed by atoms with Crippen LogP contribution in [0.2, 0.25) is 0 Å². The minimum Gasteiger partial charge on any atom is -0.464 e. The van der Waals surface area contributed by atoms with Crippen molar-refractivity contribution in [2.75, 3.05) is 11.9 Å². The molecule has 0 aliphatic rings. The normalized spacial score (nSPS) is 10.7. The van der Waals surface area contributed by atoms with Crippen LogP contribution in [0.4, 0.5) is 10.3 Å². The first-order chi connectivity index (χ1) is 13.0. The quantitative estimate of drug-likeness (QED) is 0.678. The number of anilines is 1. The van der Waals surface area contributed by atoms with Crippen molar-refractivity contribution in [3.63, 3.8) is 0 Å². The van der Waals surface area contributed by atoms with Gasteiger partial charge in [-0.15, -0.1) is 0 Å². The summed E-state index contributed by atoms with van der Waals surface area (Å²) in [5.74, 6) is 0.822. The van der Waals surface area contributed by atoms with Gasteiger partial charge in [0.1, 0.15) is 11.6 Å². The molecule has 1 aromatic heterocycles. The van der Waals surface area contributed by atoms with Gasteiger partial charge in [0.15, 0.2) is 0 Å². The summed E-state index contributed by atoms with van der Waals surface area (Å²) in [4.78, 5) is 13.2. The largest absolute Gasteiger partial charge is 0.464 e. The molecule has 0 saturated carbocycles. The lowest BCUT2D eigenvalue weighted by Gasteiger charge is -2.10. The fraction of sp³-hybridized carbons (Fsp3) is 0.286. The molecule has 0 saturated heterocycles. The second kappa shape index (κ2) is 8.58. The molecular formula is C21H23FN4O. The molecule has 0 amide bonds. The minimum atomic E-state index is -0.256. The summed E-state index contributed by atoms with van der Waals surface area (Å²) in [6.07, 6.45) is 0.592. The molecule has 0 atom stereocenters. The summed E-state index contributed by atoms with van der Waals surface area (Å²) in [6, 6.07) is 12.9. The van der Waals surface area contributed by atoms with Gasteiger partial charge in [0.25, 0.3) is 0 Å². The number of hydrogen-bond acceptors (Lipinski definition) is 5. The molecular weight excluding hydrogens is 343 g/mol. The lowest BCUT2D eigenvalue weighted by atomic mass is 10.0. The Morgan fingerprint density at radius 2 is 1.67 bits per heavy atom. The molecule has 0 fully saturated rings. The topological polar surface area (TPSA) is 59.9 Å². The van der Waals surface area contributed by atoms with Crippen LogP contribution in [0.1, 0.15) is 35.0 Å². The van der Waals surface area contributed by atoms with Crippen molar-refractivity contribution in [1.82, 2.24) is 15.0 Å². The summed E-state index contributed by atoms with van der Waals surface area (Å²) < 4.78 is 18.5. The zero-order valence-electron chi connectivity index (χ0n) is 15.8. The average Bonchev–Trinajstić information content (AvgIpc) is 2.64. The number of aryl methyl sites for hydroxylation is 2. The summed E-state index contributed by atoms with van der Waals surface area (Å²) >= 11 is 0. The van der Waals surface area contributed by atoms with E-state index in [1.165, 1.54) is 23.3 Å². The van der Waals surface area contributed by atoms with Gasteiger partial charge in [-0.3, -0.25) is 0 Å². The highest BCUT2D eigenvalue weighted by atomic mass is 19.1. The van der Waals surface area contributed by atoms with Crippen LogP contribution in [0.5, 0.6) is 6.01 Å². The number of benzene rings is 2. The van der Waals surface area contributed by atoms with Gasteiger partial charge in [0.2, 0.25) is 5.95 Å². The van der Waals surface area contributed by atoms with Gasteiger partial charge in [0, 0.05) is 13.0 Å². The smallest absolute Gasteiger partial charge is 0.321 e. The zero-order chi connectivity index (χ0) is 19.2. The van der Waals surface area contributed by atoms with Gasteiger partial charge in [-0.25, -0.2) is 4.39 Å². The Morgan fingerprint density at radius 3 is 2.37 bits per heavy atom. The standard InChI is InChI=1S/C21H23FN4O/c1-4-27-21-25-19(12-17-6-5-14(2)15(3)11-17)24-20(26-21)23-13-16-7-9-18(22)10-8-16/h5-11H,4,12-13H2,1-3H3,(H,23,24,25,26). The third kappa shape index (κ3) is 5.23. The fourth-order valence-electron chi connectivity index (χ4n) is 2.63. The molecule has 140 valence electrons. The van der Waals surface area contributed by atoms with Gasteiger partial charge in [-0.1, -0.05) is 30.3 Å². The SMILES string of the molecule is CCOc1nc(Cc2ccc(C)c(C)c2)nc(NCc2ccc(F)cc2)n1. The summed E-state index contributed by atoms with van der Waals surface area (Å²) in [6.45, 7) is 7.03. The number of aromatic nitrogens is 3. The first-order valence-electron chi connectivity index (χ1n) is 8.95. The average molecular weight is 366 g/mol. The van der Waals surface area contributed by atoms with E-state index in [0.29, 0.717) is 37.4 Å². The first kappa shape index (κ1) is 18.8. The van der Waals surface area contributed by atoms with Gasteiger partial charge in [-0.2, -0.15) is 15.0 Å². The fourth-order valence-corrected chi connectivity index (χ4v) is 2.63. The number of nitrogens with one attached hydrogen (secondary N) is 1. The highest BCUT2D eigenvalue weighted by Crippen LogP contribution is 2.15. The molecule has 0 aliphatic heterocycles. The van der Waals surface area contributed by atoms with Gasteiger partial charge < -0.3 is 10.1 Å². The van der Waals surface area contributed by atoms with Crippen LogP contribution in [0.3, 0.4) is 0 Å². The minimum absolute atomic E-state index is 0.256. The van der Waals surface area contributed by atoms with E-state index in [1.54, 1.807) is 12.1 Å². The Morgan fingerprint density at radius 1 is 0.926 bits per heavy atom. The maximum atomic E-state index is 13.0. The van der Waals surface area contributed by atoms with Crippen LogP contribution >= 0.6 is 0 Å². The van der Waals surface area contributed by atoms with Crippen molar-refractivity contribution in [3.05, 3.63) is 76.4 Å². The Kier molecular flexibility index (Phi) is 5.96. The highest BCUT2D eigenvalue weighted by Gasteiger charge is 2.09. The van der Waals surface area contributed by atoms with E-state index in [2.05, 4.69) is 52.3 Å². The first-order valence-corrected chi connectivity index (χ1v) is 8.95. The molecule has 2 aromatic carbocycles. The van der Waals surface area contributed by atoms with E-state index in [-0.39, 0.29) is 5.82 Å². The lowest BCUT2D eigenvalue weighted by molar-refractivity contribution is 0.310. The molecule has 1 heterocycles. The Hall–Kier alpha value is -3.02. The van der Waals surface area contributed by atoms with Crippen LogP contribution in [0.25, 0.3) is 0 Å². The second-order valence-electron chi connectivity index (χ2n) is 6.37. The van der Waals surface area contributed by atoms with Crippen LogP contribution in [-0.2, 0) is 13.0 Å². The second-order valence-corrected chi connectivity index (χ2v) is 6.37. The predicted molar refractivity (Wildman–Crippen MR) is 103 cm³/mol. The number of rotatable bonds is 7. The van der Waals surface area contributed by atoms with E-state index < -0.39 is 0 Å². The molecule has 1 N–H and O–H groups in total. The number of ether oxygens (including phenoxy) is 1. The Balaban J connectivity index is 1.78. The van der Waals surface area contributed by atoms with Crippen LogP contribution < -0.4 is 10.1 Å². The van der Waals surface area contributed by atoms with Gasteiger partial charge >= 0.3 is 6.01 Å². The monoisotopic (exact) mass is 366 g/mol. The lowest BCUT2D eigenvalue weighted by Crippen LogP contribution is -2.10. The molecule has 0 spiro atoms. The van der Waals surface area contributed by atoms with Crippen LogP contribution in [0.15, 0.2) is 42.5 Å². The number of nitrogens with zero attached hydrogens (tertiary/aromatic N) is 3. The van der Waals surface area contributed by atoms with Crippen molar-refractivity contribution in [2.24, 2.45) is 0 Å². The Bertz CT molecular complexity index is 913. The van der Waals surface area contributed by atoms with E-state index >= 15 is 0 Å². The van der Waals surface area contributed by atoms with Crippen molar-refractivity contribution in [2.45, 2.75) is 33.7 Å². The van der Waals surface area contributed by atoms with Crippen molar-refractivity contribution in [1.29, 1.82) is 0 Å². The zero-order valence-corrected chi connectivity index (χ0v) is 15.8. The molecule has 3 rings (SSSR count). The highest BCUT2D eigenvalue weighted by molar-refractivity contribution is 5.33. The van der Waals surface area contributed by atoms with Crippen molar-refractivity contribution in [3.8, 4) is 6.01 Å². The van der Waals surface area contributed by atoms with Gasteiger partial charge in [-0.05, 0) is 55.2 Å². The van der Waals surface area contributed by atoms with E-state index in [0.717, 1.165) is 11.1 Å². The van der Waals surface area contributed by atoms with E-state index in [1.807, 2.05) is 6.92 Å². The van der Waals surface area contributed by atoms with E-state index in [4.69, 9.17) is 4.74 Å². The summed E-state index contributed by atoms with van der Waals surface area (Å²) in [5.41, 5.74) is 4.56. The molecule has 0 radical (unpaired) electrons. The maximum absolute atomic E-state index is 13.0. The summed E-state index contributed by atoms with van der Waals surface area (Å²) in [5, 5.41) is 3.16. The molecule has 0 aliphatic carbocycles. The van der Waals surface area contributed by atoms with Crippen LogP contribution in [-0.4, -0.2) is 21.6 Å². The molecule has 27 heavy (non-hydrogen) atoms. The maximum Gasteiger partial charge on any atom is 0.321 e. The molecule has 5 nitrogen and oxygen atoms in total. The number of hydrogen-bond donors (Lipinski definition) is 1. The predicted octanol–water partition coefficient (Wildman–Crippen LogP) is 4.23. The molecule has 3 aromatic rings. The third-order valence-electron chi connectivity index (χ3n) is 4.23. The molecule has 0 unspecified atom stereocenters. The summed E-state index contributed by atoms with van der Waals surface area (Å²) in [7, 11) is 0. The Labute approximate surface area is 158 Å². The van der Waals surface area contributed by atoms with Gasteiger partial charge in [0.05, 0.1) is 6.61 Å². The number of halogens is 1. The third-order valence-corrected chi connectivity index (χ3v) is 4.23. The molecule has 0 bridgehead atoms. The van der Waals surface area contributed by atoms with E-state index in [9.17, 15) is 4.39 Å². The van der Waals surface area contributed by atoms with Crippen molar-refractivity contribution < 1.29 is 9.13 Å².